The van der Waals surface area contributed by atoms with E-state index in [9.17, 15) is 9.59 Å². The number of hydrogen-bond donors (Lipinski definition) is 1. The molecule has 4 rings (SSSR count). The molecule has 0 amide bonds. The van der Waals surface area contributed by atoms with Gasteiger partial charge in [-0.15, -0.1) is 0 Å². The van der Waals surface area contributed by atoms with E-state index in [1.165, 1.54) is 0 Å². The van der Waals surface area contributed by atoms with Crippen molar-refractivity contribution in [3.63, 3.8) is 0 Å². The predicted molar refractivity (Wildman–Crippen MR) is 119 cm³/mol. The zero-order valence-electron chi connectivity index (χ0n) is 17.5. The quantitative estimate of drug-likeness (QED) is 0.662. The normalized spacial score (nSPS) is 18.4. The molecule has 1 aliphatic heterocycles. The summed E-state index contributed by atoms with van der Waals surface area (Å²) < 4.78 is 10.8. The molecular formula is C25H24ClNO4. The zero-order valence-corrected chi connectivity index (χ0v) is 18.3. The standard InChI is InChI=1S/C25H24ClNO4/c1-15-22(25(29)31-14-16-9-11-19(30-2)12-10-16)23(17-5-3-6-18(26)13-17)24-20(27-15)7-4-8-21(24)28/h3,5-6,9-13,23,27H,4,7-8,14H2,1-2H3/t23-/m0/s1. The second kappa shape index (κ2) is 8.98. The lowest BCUT2D eigenvalue weighted by Gasteiger charge is -2.34. The number of esters is 1. The van der Waals surface area contributed by atoms with Gasteiger partial charge in [0.1, 0.15) is 12.4 Å². The number of methoxy groups -OCH3 is 1. The van der Waals surface area contributed by atoms with Crippen molar-refractivity contribution in [2.24, 2.45) is 0 Å². The summed E-state index contributed by atoms with van der Waals surface area (Å²) in [4.78, 5) is 26.1. The number of rotatable bonds is 5. The number of ether oxygens (including phenoxy) is 2. The van der Waals surface area contributed by atoms with Crippen molar-refractivity contribution in [2.45, 2.75) is 38.7 Å². The summed E-state index contributed by atoms with van der Waals surface area (Å²) in [7, 11) is 1.60. The second-order valence-corrected chi connectivity index (χ2v) is 8.18. The molecule has 0 unspecified atom stereocenters. The number of benzene rings is 2. The highest BCUT2D eigenvalue weighted by Crippen LogP contribution is 2.43. The fraction of sp³-hybridized carbons (Fsp3) is 0.280. The minimum atomic E-state index is -0.494. The van der Waals surface area contributed by atoms with Crippen LogP contribution >= 0.6 is 11.6 Å². The number of carbonyl (C=O) groups is 2. The highest BCUT2D eigenvalue weighted by molar-refractivity contribution is 6.30. The first-order chi connectivity index (χ1) is 15.0. The summed E-state index contributed by atoms with van der Waals surface area (Å²) in [5.41, 5.74) is 4.36. The molecule has 2 aliphatic rings. The van der Waals surface area contributed by atoms with E-state index in [4.69, 9.17) is 21.1 Å². The summed E-state index contributed by atoms with van der Waals surface area (Å²) in [5.74, 6) is -0.144. The molecule has 0 spiro atoms. The summed E-state index contributed by atoms with van der Waals surface area (Å²) in [5, 5.41) is 3.86. The van der Waals surface area contributed by atoms with Crippen LogP contribution < -0.4 is 10.1 Å². The number of ketones is 1. The maximum atomic E-state index is 13.2. The van der Waals surface area contributed by atoms with Gasteiger partial charge < -0.3 is 14.8 Å². The summed E-state index contributed by atoms with van der Waals surface area (Å²) in [6.07, 6.45) is 2.06. The van der Waals surface area contributed by atoms with E-state index in [-0.39, 0.29) is 12.4 Å². The Hall–Kier alpha value is -3.05. The lowest BCUT2D eigenvalue weighted by molar-refractivity contribution is -0.140. The molecule has 1 heterocycles. The Kier molecular flexibility index (Phi) is 6.14. The molecule has 0 saturated carbocycles. The van der Waals surface area contributed by atoms with Crippen LogP contribution in [0.1, 0.15) is 43.2 Å². The third-order valence-electron chi connectivity index (χ3n) is 5.71. The first-order valence-corrected chi connectivity index (χ1v) is 10.6. The van der Waals surface area contributed by atoms with E-state index in [2.05, 4.69) is 5.32 Å². The summed E-state index contributed by atoms with van der Waals surface area (Å²) in [6.45, 7) is 1.98. The Bertz CT molecular complexity index is 1080. The van der Waals surface area contributed by atoms with Gasteiger partial charge in [0.25, 0.3) is 0 Å². The van der Waals surface area contributed by atoms with Gasteiger partial charge in [0.05, 0.1) is 12.7 Å². The summed E-state index contributed by atoms with van der Waals surface area (Å²) in [6, 6.07) is 14.7. The van der Waals surface area contributed by atoms with Crippen LogP contribution in [0.15, 0.2) is 71.1 Å². The fourth-order valence-corrected chi connectivity index (χ4v) is 4.42. The average molecular weight is 438 g/mol. The van der Waals surface area contributed by atoms with E-state index in [0.717, 1.165) is 35.4 Å². The number of Topliss-reactive ketones (excluding diaryl/α,β-unsaturated/α-hetero) is 1. The first-order valence-electron chi connectivity index (χ1n) is 10.3. The molecule has 6 heteroatoms. The highest BCUT2D eigenvalue weighted by Gasteiger charge is 2.39. The Morgan fingerprint density at radius 3 is 2.65 bits per heavy atom. The van der Waals surface area contributed by atoms with E-state index in [1.54, 1.807) is 13.2 Å². The molecule has 0 saturated heterocycles. The van der Waals surface area contributed by atoms with Crippen molar-refractivity contribution in [3.8, 4) is 5.75 Å². The van der Waals surface area contributed by atoms with Gasteiger partial charge in [-0.25, -0.2) is 4.79 Å². The second-order valence-electron chi connectivity index (χ2n) is 7.74. The molecule has 0 aromatic heterocycles. The number of carbonyl (C=O) groups excluding carboxylic acids is 2. The molecule has 1 atom stereocenters. The lowest BCUT2D eigenvalue weighted by Crippen LogP contribution is -2.34. The van der Waals surface area contributed by atoms with Gasteiger partial charge in [-0.05, 0) is 55.2 Å². The van der Waals surface area contributed by atoms with Crippen LogP contribution in [-0.4, -0.2) is 18.9 Å². The Labute approximate surface area is 186 Å². The molecule has 0 bridgehead atoms. The van der Waals surface area contributed by atoms with Gasteiger partial charge in [0.15, 0.2) is 5.78 Å². The van der Waals surface area contributed by atoms with E-state index >= 15 is 0 Å². The minimum Gasteiger partial charge on any atom is -0.497 e. The topological polar surface area (TPSA) is 64.6 Å². The number of halogens is 1. The zero-order chi connectivity index (χ0) is 22.0. The molecule has 2 aromatic rings. The van der Waals surface area contributed by atoms with Crippen LogP contribution in [0.3, 0.4) is 0 Å². The van der Waals surface area contributed by atoms with Gasteiger partial charge in [-0.3, -0.25) is 4.79 Å². The smallest absolute Gasteiger partial charge is 0.337 e. The number of allylic oxidation sites excluding steroid dienone is 3. The molecule has 1 N–H and O–H groups in total. The van der Waals surface area contributed by atoms with Crippen LogP contribution in [0.5, 0.6) is 5.75 Å². The molecular weight excluding hydrogens is 414 g/mol. The van der Waals surface area contributed by atoms with Crippen molar-refractivity contribution < 1.29 is 19.1 Å². The van der Waals surface area contributed by atoms with Crippen LogP contribution in [-0.2, 0) is 20.9 Å². The van der Waals surface area contributed by atoms with E-state index < -0.39 is 11.9 Å². The van der Waals surface area contributed by atoms with Crippen LogP contribution in [0.25, 0.3) is 0 Å². The van der Waals surface area contributed by atoms with Gasteiger partial charge in [0, 0.05) is 34.3 Å². The van der Waals surface area contributed by atoms with Crippen molar-refractivity contribution >= 4 is 23.4 Å². The molecule has 1 aliphatic carbocycles. The Balaban J connectivity index is 1.66. The first kappa shape index (κ1) is 21.2. The van der Waals surface area contributed by atoms with Crippen molar-refractivity contribution in [2.75, 3.05) is 7.11 Å². The third kappa shape index (κ3) is 4.37. The molecule has 0 radical (unpaired) electrons. The van der Waals surface area contributed by atoms with E-state index in [0.29, 0.717) is 28.3 Å². The van der Waals surface area contributed by atoms with Crippen LogP contribution in [0, 0.1) is 0 Å². The minimum absolute atomic E-state index is 0.0617. The van der Waals surface area contributed by atoms with Gasteiger partial charge in [-0.2, -0.15) is 0 Å². The van der Waals surface area contributed by atoms with Crippen LogP contribution in [0.2, 0.25) is 5.02 Å². The maximum Gasteiger partial charge on any atom is 0.337 e. The van der Waals surface area contributed by atoms with Crippen LogP contribution in [0.4, 0.5) is 0 Å². The number of hydrogen-bond acceptors (Lipinski definition) is 5. The molecule has 0 fully saturated rings. The molecule has 31 heavy (non-hydrogen) atoms. The summed E-state index contributed by atoms with van der Waals surface area (Å²) >= 11 is 6.25. The van der Waals surface area contributed by atoms with E-state index in [1.807, 2.05) is 49.4 Å². The van der Waals surface area contributed by atoms with Crippen molar-refractivity contribution in [1.29, 1.82) is 0 Å². The van der Waals surface area contributed by atoms with Gasteiger partial charge >= 0.3 is 5.97 Å². The predicted octanol–water partition coefficient (Wildman–Crippen LogP) is 5.06. The number of nitrogens with one attached hydrogen (secondary N) is 1. The highest BCUT2D eigenvalue weighted by atomic mass is 35.5. The van der Waals surface area contributed by atoms with Gasteiger partial charge in [-0.1, -0.05) is 35.9 Å². The number of dihydropyridines is 1. The Morgan fingerprint density at radius 1 is 1.16 bits per heavy atom. The average Bonchev–Trinajstić information content (AvgIpc) is 2.77. The molecule has 5 nitrogen and oxygen atoms in total. The monoisotopic (exact) mass is 437 g/mol. The largest absolute Gasteiger partial charge is 0.497 e. The maximum absolute atomic E-state index is 13.2. The van der Waals surface area contributed by atoms with Gasteiger partial charge in [0.2, 0.25) is 0 Å². The Morgan fingerprint density at radius 2 is 1.94 bits per heavy atom. The third-order valence-corrected chi connectivity index (χ3v) is 5.94. The fourth-order valence-electron chi connectivity index (χ4n) is 4.22. The van der Waals surface area contributed by atoms with Crippen molar-refractivity contribution in [1.82, 2.24) is 5.32 Å². The lowest BCUT2D eigenvalue weighted by atomic mass is 9.75. The SMILES string of the molecule is COc1ccc(COC(=O)C2=C(C)NC3=C(C(=O)CCC3)[C@H]2c2cccc(Cl)c2)cc1. The molecule has 160 valence electrons. The molecule has 2 aromatic carbocycles. The van der Waals surface area contributed by atoms with Crippen molar-refractivity contribution in [3.05, 3.63) is 87.2 Å².